The number of rotatable bonds is 3. The van der Waals surface area contributed by atoms with Crippen molar-refractivity contribution in [1.82, 2.24) is 0 Å². The number of ether oxygens (including phenoxy) is 1. The number of hydrogen-bond donors (Lipinski definition) is 0. The maximum atomic E-state index is 13.4. The van der Waals surface area contributed by atoms with E-state index in [1.807, 2.05) is 12.1 Å². The molecular formula is C16H15FO. The Morgan fingerprint density at radius 3 is 2.72 bits per heavy atom. The Morgan fingerprint density at radius 1 is 1.00 bits per heavy atom. The van der Waals surface area contributed by atoms with E-state index in [9.17, 15) is 4.39 Å². The molecule has 1 nitrogen and oxygen atoms in total. The lowest BCUT2D eigenvalue weighted by molar-refractivity contribution is 0.299. The zero-order valence-corrected chi connectivity index (χ0v) is 10.2. The Hall–Kier alpha value is -1.83. The highest BCUT2D eigenvalue weighted by atomic mass is 19.1. The van der Waals surface area contributed by atoms with Crippen LogP contribution in [-0.2, 0) is 19.4 Å². The van der Waals surface area contributed by atoms with Crippen molar-refractivity contribution in [3.63, 3.8) is 0 Å². The van der Waals surface area contributed by atoms with Crippen LogP contribution >= 0.6 is 0 Å². The average molecular weight is 242 g/mol. The SMILES string of the molecule is Fc1ccccc1COc1ccc2c(c1)CCC2. The molecule has 0 saturated heterocycles. The quantitative estimate of drug-likeness (QED) is 0.793. The third-order valence-corrected chi connectivity index (χ3v) is 3.42. The molecule has 0 aromatic heterocycles. The minimum atomic E-state index is -0.210. The van der Waals surface area contributed by atoms with Crippen molar-refractivity contribution in [1.29, 1.82) is 0 Å². The zero-order chi connectivity index (χ0) is 12.4. The Kier molecular flexibility index (Phi) is 3.01. The second-order valence-corrected chi connectivity index (χ2v) is 4.66. The normalized spacial score (nSPS) is 13.4. The third kappa shape index (κ3) is 2.23. The molecule has 0 aliphatic heterocycles. The van der Waals surface area contributed by atoms with E-state index in [1.165, 1.54) is 30.0 Å². The first-order valence-corrected chi connectivity index (χ1v) is 6.31. The van der Waals surface area contributed by atoms with Gasteiger partial charge < -0.3 is 4.74 Å². The van der Waals surface area contributed by atoms with Crippen LogP contribution in [0, 0.1) is 5.82 Å². The van der Waals surface area contributed by atoms with Crippen molar-refractivity contribution < 1.29 is 9.13 Å². The minimum Gasteiger partial charge on any atom is -0.489 e. The van der Waals surface area contributed by atoms with Gasteiger partial charge >= 0.3 is 0 Å². The second-order valence-electron chi connectivity index (χ2n) is 4.66. The number of hydrogen-bond acceptors (Lipinski definition) is 1. The van der Waals surface area contributed by atoms with E-state index in [0.717, 1.165) is 12.2 Å². The lowest BCUT2D eigenvalue weighted by Crippen LogP contribution is -1.98. The standard InChI is InChI=1S/C16H15FO/c17-16-7-2-1-4-14(16)11-18-15-9-8-12-5-3-6-13(12)10-15/h1-2,4,7-10H,3,5-6,11H2. The van der Waals surface area contributed by atoms with Gasteiger partial charge in [-0.15, -0.1) is 0 Å². The van der Waals surface area contributed by atoms with Gasteiger partial charge in [-0.3, -0.25) is 0 Å². The largest absolute Gasteiger partial charge is 0.489 e. The molecule has 0 fully saturated rings. The maximum Gasteiger partial charge on any atom is 0.129 e. The highest BCUT2D eigenvalue weighted by Gasteiger charge is 2.11. The van der Waals surface area contributed by atoms with E-state index in [0.29, 0.717) is 5.56 Å². The van der Waals surface area contributed by atoms with Gasteiger partial charge in [0.05, 0.1) is 0 Å². The van der Waals surface area contributed by atoms with Crippen LogP contribution in [0.15, 0.2) is 42.5 Å². The van der Waals surface area contributed by atoms with E-state index in [1.54, 1.807) is 12.1 Å². The van der Waals surface area contributed by atoms with E-state index < -0.39 is 0 Å². The molecule has 2 heteroatoms. The summed E-state index contributed by atoms with van der Waals surface area (Å²) in [6.45, 7) is 0.283. The smallest absolute Gasteiger partial charge is 0.129 e. The Labute approximate surface area is 106 Å². The van der Waals surface area contributed by atoms with Crippen LogP contribution in [-0.4, -0.2) is 0 Å². The molecule has 0 N–H and O–H groups in total. The number of benzene rings is 2. The van der Waals surface area contributed by atoms with Crippen molar-refractivity contribution in [2.24, 2.45) is 0 Å². The predicted molar refractivity (Wildman–Crippen MR) is 69.2 cm³/mol. The molecule has 0 saturated carbocycles. The van der Waals surface area contributed by atoms with Crippen LogP contribution < -0.4 is 4.74 Å². The first-order valence-electron chi connectivity index (χ1n) is 6.31. The fourth-order valence-corrected chi connectivity index (χ4v) is 2.41. The monoisotopic (exact) mass is 242 g/mol. The Balaban J connectivity index is 1.72. The van der Waals surface area contributed by atoms with Crippen LogP contribution in [0.2, 0.25) is 0 Å². The van der Waals surface area contributed by atoms with Gasteiger partial charge in [0.2, 0.25) is 0 Å². The summed E-state index contributed by atoms with van der Waals surface area (Å²) in [6.07, 6.45) is 3.53. The molecular weight excluding hydrogens is 227 g/mol. The van der Waals surface area contributed by atoms with Gasteiger partial charge in [0, 0.05) is 5.56 Å². The summed E-state index contributed by atoms with van der Waals surface area (Å²) in [5, 5.41) is 0. The molecule has 0 atom stereocenters. The van der Waals surface area contributed by atoms with E-state index in [-0.39, 0.29) is 12.4 Å². The molecule has 0 amide bonds. The van der Waals surface area contributed by atoms with E-state index in [2.05, 4.69) is 12.1 Å². The van der Waals surface area contributed by atoms with Gasteiger partial charge in [-0.25, -0.2) is 4.39 Å². The molecule has 0 heterocycles. The minimum absolute atomic E-state index is 0.210. The number of halogens is 1. The third-order valence-electron chi connectivity index (χ3n) is 3.42. The average Bonchev–Trinajstić information content (AvgIpc) is 2.85. The second kappa shape index (κ2) is 4.81. The first kappa shape index (κ1) is 11.3. The molecule has 1 aliphatic rings. The van der Waals surface area contributed by atoms with Crippen LogP contribution in [0.25, 0.3) is 0 Å². The van der Waals surface area contributed by atoms with Crippen LogP contribution in [0.3, 0.4) is 0 Å². The molecule has 0 bridgehead atoms. The summed E-state index contributed by atoms with van der Waals surface area (Å²) in [5.74, 6) is 0.623. The van der Waals surface area contributed by atoms with Crippen LogP contribution in [0.1, 0.15) is 23.1 Å². The molecule has 3 rings (SSSR count). The predicted octanol–water partition coefficient (Wildman–Crippen LogP) is 3.89. The fourth-order valence-electron chi connectivity index (χ4n) is 2.41. The molecule has 0 radical (unpaired) electrons. The van der Waals surface area contributed by atoms with E-state index >= 15 is 0 Å². The van der Waals surface area contributed by atoms with Crippen molar-refractivity contribution in [3.05, 3.63) is 65.0 Å². The Bertz CT molecular complexity index is 563. The van der Waals surface area contributed by atoms with Crippen molar-refractivity contribution >= 4 is 0 Å². The highest BCUT2D eigenvalue weighted by molar-refractivity contribution is 5.38. The van der Waals surface area contributed by atoms with Gasteiger partial charge in [-0.1, -0.05) is 24.3 Å². The summed E-state index contributed by atoms with van der Waals surface area (Å²) >= 11 is 0. The lowest BCUT2D eigenvalue weighted by atomic mass is 10.1. The molecule has 18 heavy (non-hydrogen) atoms. The van der Waals surface area contributed by atoms with Gasteiger partial charge in [0.25, 0.3) is 0 Å². The van der Waals surface area contributed by atoms with Gasteiger partial charge in [0.15, 0.2) is 0 Å². The van der Waals surface area contributed by atoms with Crippen LogP contribution in [0.5, 0.6) is 5.75 Å². The molecule has 0 spiro atoms. The van der Waals surface area contributed by atoms with Gasteiger partial charge in [-0.2, -0.15) is 0 Å². The summed E-state index contributed by atoms with van der Waals surface area (Å²) in [6, 6.07) is 12.9. The zero-order valence-electron chi connectivity index (χ0n) is 10.2. The maximum absolute atomic E-state index is 13.4. The van der Waals surface area contributed by atoms with Crippen LogP contribution in [0.4, 0.5) is 4.39 Å². The van der Waals surface area contributed by atoms with E-state index in [4.69, 9.17) is 4.74 Å². The fraction of sp³-hybridized carbons (Fsp3) is 0.250. The van der Waals surface area contributed by atoms with Gasteiger partial charge in [-0.05, 0) is 48.6 Å². The van der Waals surface area contributed by atoms with Gasteiger partial charge in [0.1, 0.15) is 18.2 Å². The van der Waals surface area contributed by atoms with Crippen molar-refractivity contribution in [2.75, 3.05) is 0 Å². The molecule has 2 aromatic rings. The summed E-state index contributed by atoms with van der Waals surface area (Å²) in [4.78, 5) is 0. The topological polar surface area (TPSA) is 9.23 Å². The summed E-state index contributed by atoms with van der Waals surface area (Å²) in [7, 11) is 0. The number of fused-ring (bicyclic) bond motifs is 1. The molecule has 1 aliphatic carbocycles. The molecule has 92 valence electrons. The highest BCUT2D eigenvalue weighted by Crippen LogP contribution is 2.26. The van der Waals surface area contributed by atoms with Crippen molar-refractivity contribution in [2.45, 2.75) is 25.9 Å². The summed E-state index contributed by atoms with van der Waals surface area (Å²) in [5.41, 5.74) is 3.40. The first-order chi connectivity index (χ1) is 8.83. The van der Waals surface area contributed by atoms with Crippen molar-refractivity contribution in [3.8, 4) is 5.75 Å². The number of aryl methyl sites for hydroxylation is 2. The summed E-state index contributed by atoms with van der Waals surface area (Å²) < 4.78 is 19.1. The molecule has 2 aromatic carbocycles. The Morgan fingerprint density at radius 2 is 1.83 bits per heavy atom. The molecule has 0 unspecified atom stereocenters. The lowest BCUT2D eigenvalue weighted by Gasteiger charge is -2.08.